The van der Waals surface area contributed by atoms with Crippen LogP contribution in [0.3, 0.4) is 0 Å². The van der Waals surface area contributed by atoms with Gasteiger partial charge in [0.25, 0.3) is 0 Å². The standard InChI is InChI=1S/C18H26N6O/c25-18(23-10-3-4-14(13-23)17-7-9-20-21-17)19-12-15-8-11-24(22-15)16-5-1-2-6-16/h7-9,11,14,16H,1-6,10,12-13H2,(H,19,25)(H,20,21)/t14-/m1/s1. The maximum absolute atomic E-state index is 12.5. The molecule has 0 unspecified atom stereocenters. The van der Waals surface area contributed by atoms with Gasteiger partial charge in [-0.25, -0.2) is 4.79 Å². The number of nitrogens with zero attached hydrogens (tertiary/aromatic N) is 4. The van der Waals surface area contributed by atoms with E-state index in [1.54, 1.807) is 6.20 Å². The van der Waals surface area contributed by atoms with Crippen LogP contribution in [0.2, 0.25) is 0 Å². The Bertz CT molecular complexity index is 688. The number of hydrogen-bond acceptors (Lipinski definition) is 3. The molecule has 2 fully saturated rings. The van der Waals surface area contributed by atoms with Crippen LogP contribution in [0, 0.1) is 0 Å². The molecule has 25 heavy (non-hydrogen) atoms. The number of nitrogens with one attached hydrogen (secondary N) is 2. The number of carbonyl (C=O) groups is 1. The molecule has 1 saturated heterocycles. The van der Waals surface area contributed by atoms with E-state index in [4.69, 9.17) is 0 Å². The Morgan fingerprint density at radius 1 is 1.24 bits per heavy atom. The van der Waals surface area contributed by atoms with Crippen LogP contribution in [0.1, 0.15) is 61.9 Å². The summed E-state index contributed by atoms with van der Waals surface area (Å²) >= 11 is 0. The van der Waals surface area contributed by atoms with E-state index in [1.165, 1.54) is 25.7 Å². The third kappa shape index (κ3) is 3.70. The number of carbonyl (C=O) groups excluding carboxylic acids is 1. The fraction of sp³-hybridized carbons (Fsp3) is 0.611. The van der Waals surface area contributed by atoms with Gasteiger partial charge in [0, 0.05) is 37.1 Å². The van der Waals surface area contributed by atoms with Crippen molar-refractivity contribution in [2.75, 3.05) is 13.1 Å². The molecular weight excluding hydrogens is 316 g/mol. The molecule has 134 valence electrons. The molecule has 2 aromatic heterocycles. The molecule has 7 nitrogen and oxygen atoms in total. The Kier molecular flexibility index (Phi) is 4.72. The molecule has 0 aromatic carbocycles. The largest absolute Gasteiger partial charge is 0.332 e. The smallest absolute Gasteiger partial charge is 0.317 e. The number of rotatable bonds is 4. The lowest BCUT2D eigenvalue weighted by Crippen LogP contribution is -2.44. The van der Waals surface area contributed by atoms with Crippen LogP contribution < -0.4 is 5.32 Å². The van der Waals surface area contributed by atoms with Crippen molar-refractivity contribution in [1.82, 2.24) is 30.2 Å². The van der Waals surface area contributed by atoms with Crippen LogP contribution in [-0.2, 0) is 6.54 Å². The molecule has 3 heterocycles. The van der Waals surface area contributed by atoms with E-state index in [2.05, 4.69) is 25.3 Å². The van der Waals surface area contributed by atoms with Gasteiger partial charge in [-0.3, -0.25) is 9.78 Å². The molecule has 0 spiro atoms. The SMILES string of the molecule is O=C(NCc1ccn(C2CCCC2)n1)N1CCC[C@@H](c2ccn[nH]2)C1. The van der Waals surface area contributed by atoms with Crippen LogP contribution in [-0.4, -0.2) is 44.0 Å². The lowest BCUT2D eigenvalue weighted by Gasteiger charge is -2.32. The quantitative estimate of drug-likeness (QED) is 0.897. The average molecular weight is 342 g/mol. The van der Waals surface area contributed by atoms with Crippen molar-refractivity contribution in [2.24, 2.45) is 0 Å². The second kappa shape index (κ2) is 7.29. The van der Waals surface area contributed by atoms with Crippen molar-refractivity contribution in [3.05, 3.63) is 35.9 Å². The number of H-pyrrole nitrogens is 1. The van der Waals surface area contributed by atoms with E-state index in [0.717, 1.165) is 37.3 Å². The van der Waals surface area contributed by atoms with Crippen molar-refractivity contribution in [2.45, 2.75) is 57.0 Å². The summed E-state index contributed by atoms with van der Waals surface area (Å²) in [6, 6.07) is 4.56. The molecule has 0 bridgehead atoms. The van der Waals surface area contributed by atoms with Crippen LogP contribution in [0.4, 0.5) is 4.79 Å². The molecule has 1 saturated carbocycles. The minimum absolute atomic E-state index is 0.000341. The zero-order chi connectivity index (χ0) is 17.1. The van der Waals surface area contributed by atoms with Crippen molar-refractivity contribution >= 4 is 6.03 Å². The van der Waals surface area contributed by atoms with Crippen LogP contribution >= 0.6 is 0 Å². The monoisotopic (exact) mass is 342 g/mol. The van der Waals surface area contributed by atoms with Crippen molar-refractivity contribution in [1.29, 1.82) is 0 Å². The van der Waals surface area contributed by atoms with Crippen molar-refractivity contribution in [3.63, 3.8) is 0 Å². The summed E-state index contributed by atoms with van der Waals surface area (Å²) in [6.45, 7) is 2.04. The first kappa shape index (κ1) is 16.2. The summed E-state index contributed by atoms with van der Waals surface area (Å²) in [5.41, 5.74) is 2.05. The van der Waals surface area contributed by atoms with Gasteiger partial charge in [-0.1, -0.05) is 12.8 Å². The van der Waals surface area contributed by atoms with E-state index in [0.29, 0.717) is 18.5 Å². The molecule has 7 heteroatoms. The lowest BCUT2D eigenvalue weighted by atomic mass is 9.95. The molecule has 0 radical (unpaired) electrons. The molecule has 2 amide bonds. The average Bonchev–Trinajstić information content (AvgIpc) is 3.42. The minimum Gasteiger partial charge on any atom is -0.332 e. The third-order valence-corrected chi connectivity index (χ3v) is 5.45. The third-order valence-electron chi connectivity index (χ3n) is 5.45. The zero-order valence-electron chi connectivity index (χ0n) is 14.5. The Balaban J connectivity index is 1.29. The van der Waals surface area contributed by atoms with Gasteiger partial charge in [0.1, 0.15) is 0 Å². The predicted octanol–water partition coefficient (Wildman–Crippen LogP) is 2.81. The Hall–Kier alpha value is -2.31. The molecule has 2 N–H and O–H groups in total. The van der Waals surface area contributed by atoms with Gasteiger partial charge >= 0.3 is 6.03 Å². The summed E-state index contributed by atoms with van der Waals surface area (Å²) in [6.07, 6.45) is 11.0. The highest BCUT2D eigenvalue weighted by atomic mass is 16.2. The summed E-state index contributed by atoms with van der Waals surface area (Å²) in [7, 11) is 0. The topological polar surface area (TPSA) is 78.8 Å². The highest BCUT2D eigenvalue weighted by Crippen LogP contribution is 2.28. The number of aromatic amines is 1. The Labute approximate surface area is 147 Å². The Morgan fingerprint density at radius 3 is 2.92 bits per heavy atom. The van der Waals surface area contributed by atoms with Crippen molar-refractivity contribution < 1.29 is 4.79 Å². The summed E-state index contributed by atoms with van der Waals surface area (Å²) < 4.78 is 2.07. The van der Waals surface area contributed by atoms with Gasteiger partial charge < -0.3 is 10.2 Å². The van der Waals surface area contributed by atoms with Gasteiger partial charge in [0.15, 0.2) is 0 Å². The molecule has 2 aliphatic rings. The number of hydrogen-bond donors (Lipinski definition) is 2. The van der Waals surface area contributed by atoms with E-state index in [9.17, 15) is 4.79 Å². The van der Waals surface area contributed by atoms with Crippen LogP contribution in [0.25, 0.3) is 0 Å². The Morgan fingerprint density at radius 2 is 2.12 bits per heavy atom. The van der Waals surface area contributed by atoms with Crippen LogP contribution in [0.15, 0.2) is 24.5 Å². The van der Waals surface area contributed by atoms with E-state index in [-0.39, 0.29) is 6.03 Å². The van der Waals surface area contributed by atoms with Crippen LogP contribution in [0.5, 0.6) is 0 Å². The number of amides is 2. The molecule has 2 aromatic rings. The van der Waals surface area contributed by atoms with Gasteiger partial charge in [-0.2, -0.15) is 10.2 Å². The lowest BCUT2D eigenvalue weighted by molar-refractivity contribution is 0.178. The zero-order valence-corrected chi connectivity index (χ0v) is 14.5. The number of aromatic nitrogens is 4. The maximum atomic E-state index is 12.5. The first-order valence-electron chi connectivity index (χ1n) is 9.35. The normalized spacial score (nSPS) is 21.6. The fourth-order valence-electron chi connectivity index (χ4n) is 4.03. The second-order valence-electron chi connectivity index (χ2n) is 7.18. The highest BCUT2D eigenvalue weighted by molar-refractivity contribution is 5.74. The summed E-state index contributed by atoms with van der Waals surface area (Å²) in [4.78, 5) is 14.4. The van der Waals surface area contributed by atoms with E-state index >= 15 is 0 Å². The first-order valence-corrected chi connectivity index (χ1v) is 9.35. The van der Waals surface area contributed by atoms with Gasteiger partial charge in [-0.15, -0.1) is 0 Å². The van der Waals surface area contributed by atoms with Gasteiger partial charge in [-0.05, 0) is 37.8 Å². The minimum atomic E-state index is -0.000341. The first-order chi connectivity index (χ1) is 12.3. The van der Waals surface area contributed by atoms with Gasteiger partial charge in [0.05, 0.1) is 18.3 Å². The number of urea groups is 1. The van der Waals surface area contributed by atoms with Gasteiger partial charge in [0.2, 0.25) is 0 Å². The summed E-state index contributed by atoms with van der Waals surface area (Å²) in [5, 5.41) is 14.7. The van der Waals surface area contributed by atoms with E-state index < -0.39 is 0 Å². The molecule has 1 aliphatic heterocycles. The predicted molar refractivity (Wildman–Crippen MR) is 94.1 cm³/mol. The summed E-state index contributed by atoms with van der Waals surface area (Å²) in [5.74, 6) is 0.351. The van der Waals surface area contributed by atoms with E-state index in [1.807, 2.05) is 23.2 Å². The van der Waals surface area contributed by atoms with Crippen molar-refractivity contribution in [3.8, 4) is 0 Å². The molecule has 4 rings (SSSR count). The highest BCUT2D eigenvalue weighted by Gasteiger charge is 2.25. The molecular formula is C18H26N6O. The fourth-order valence-corrected chi connectivity index (χ4v) is 4.03. The molecule has 1 aliphatic carbocycles. The number of likely N-dealkylation sites (tertiary alicyclic amines) is 1. The number of piperidine rings is 1. The molecule has 1 atom stereocenters. The maximum Gasteiger partial charge on any atom is 0.317 e. The second-order valence-corrected chi connectivity index (χ2v) is 7.18.